The van der Waals surface area contributed by atoms with Crippen LogP contribution in [0, 0.1) is 0 Å². The van der Waals surface area contributed by atoms with Gasteiger partial charge in [0.1, 0.15) is 5.82 Å². The monoisotopic (exact) mass is 434 g/mol. The summed E-state index contributed by atoms with van der Waals surface area (Å²) in [7, 11) is 0. The second kappa shape index (κ2) is 9.72. The molecule has 1 fully saturated rings. The quantitative estimate of drug-likeness (QED) is 0.392. The highest BCUT2D eigenvalue weighted by Crippen LogP contribution is 2.32. The molecule has 0 aliphatic carbocycles. The van der Waals surface area contributed by atoms with Gasteiger partial charge in [0.05, 0.1) is 4.88 Å². The summed E-state index contributed by atoms with van der Waals surface area (Å²) in [5, 5.41) is 7.34. The Kier molecular flexibility index (Phi) is 6.59. The first-order valence-corrected chi connectivity index (χ1v) is 11.1. The first-order valence-electron chi connectivity index (χ1n) is 10.3. The molecule has 0 saturated carbocycles. The summed E-state index contributed by atoms with van der Waals surface area (Å²) >= 11 is 1.48. The van der Waals surface area contributed by atoms with Crippen molar-refractivity contribution in [3.8, 4) is 0 Å². The summed E-state index contributed by atoms with van der Waals surface area (Å²) in [6.07, 6.45) is 4.29. The number of hydrogen-bond donors (Lipinski definition) is 3. The molecular weight excluding hydrogens is 408 g/mol. The molecular formula is C23H26N6OS. The fourth-order valence-electron chi connectivity index (χ4n) is 3.47. The zero-order chi connectivity index (χ0) is 21.6. The Bertz CT molecular complexity index is 1100. The van der Waals surface area contributed by atoms with Gasteiger partial charge in [0.15, 0.2) is 0 Å². The second-order valence-electron chi connectivity index (χ2n) is 7.34. The van der Waals surface area contributed by atoms with Gasteiger partial charge in [-0.15, -0.1) is 11.3 Å². The van der Waals surface area contributed by atoms with Crippen LogP contribution in [-0.4, -0.2) is 54.7 Å². The van der Waals surface area contributed by atoms with E-state index in [9.17, 15) is 4.79 Å². The number of nitrogen functional groups attached to an aromatic ring is 1. The van der Waals surface area contributed by atoms with Crippen molar-refractivity contribution >= 4 is 39.2 Å². The van der Waals surface area contributed by atoms with E-state index >= 15 is 0 Å². The highest BCUT2D eigenvalue weighted by molar-refractivity contribution is 7.20. The number of hydrogen-bond acceptors (Lipinski definition) is 7. The van der Waals surface area contributed by atoms with Crippen LogP contribution >= 0.6 is 11.3 Å². The molecule has 160 valence electrons. The number of rotatable bonds is 7. The predicted octanol–water partition coefficient (Wildman–Crippen LogP) is 2.65. The molecule has 0 bridgehead atoms. The Labute approximate surface area is 185 Å². The van der Waals surface area contributed by atoms with E-state index in [-0.39, 0.29) is 5.91 Å². The second-order valence-corrected chi connectivity index (χ2v) is 8.42. The molecule has 4 N–H and O–H groups in total. The maximum atomic E-state index is 12.8. The number of fused-ring (bicyclic) bond motifs is 1. The van der Waals surface area contributed by atoms with Gasteiger partial charge < -0.3 is 21.3 Å². The van der Waals surface area contributed by atoms with Gasteiger partial charge in [-0.1, -0.05) is 12.6 Å². The predicted molar refractivity (Wildman–Crippen MR) is 128 cm³/mol. The van der Waals surface area contributed by atoms with E-state index in [4.69, 9.17) is 5.73 Å². The zero-order valence-electron chi connectivity index (χ0n) is 17.3. The SMILES string of the molecule is C=C(/N=C\c1ccc2sc(C(=O)N3CCNCC3)cc2c1N)NCCc1ccccn1. The standard InChI is InChI=1S/C23H26N6OS/c1-16(26-9-7-18-4-2-3-8-27-18)28-15-17-5-6-20-19(22(17)24)14-21(31-20)23(30)29-12-10-25-11-13-29/h2-6,8,14-15,25-26H,1,7,9-13,24H2/b28-15-. The summed E-state index contributed by atoms with van der Waals surface area (Å²) in [5.74, 6) is 0.637. The van der Waals surface area contributed by atoms with Crippen LogP contribution in [0.1, 0.15) is 20.9 Å². The van der Waals surface area contributed by atoms with Gasteiger partial charge in [-0.3, -0.25) is 9.78 Å². The zero-order valence-corrected chi connectivity index (χ0v) is 18.1. The van der Waals surface area contributed by atoms with Crippen LogP contribution in [-0.2, 0) is 6.42 Å². The minimum Gasteiger partial charge on any atom is -0.398 e. The first-order chi connectivity index (χ1) is 15.1. The lowest BCUT2D eigenvalue weighted by Gasteiger charge is -2.26. The number of amides is 1. The van der Waals surface area contributed by atoms with Crippen LogP contribution in [0.15, 0.2) is 60.0 Å². The van der Waals surface area contributed by atoms with Crippen molar-refractivity contribution in [1.29, 1.82) is 0 Å². The third-order valence-corrected chi connectivity index (χ3v) is 6.28. The average Bonchev–Trinajstić information content (AvgIpc) is 3.25. The van der Waals surface area contributed by atoms with E-state index in [0.717, 1.165) is 58.8 Å². The lowest BCUT2D eigenvalue weighted by Crippen LogP contribution is -2.46. The molecule has 0 radical (unpaired) electrons. The van der Waals surface area contributed by atoms with Gasteiger partial charge in [0, 0.05) is 78.6 Å². The van der Waals surface area contributed by atoms with Crippen molar-refractivity contribution in [3.63, 3.8) is 0 Å². The molecule has 0 spiro atoms. The molecule has 2 aromatic heterocycles. The number of nitrogens with two attached hydrogens (primary N) is 1. The van der Waals surface area contributed by atoms with Crippen LogP contribution in [0.25, 0.3) is 10.1 Å². The fourth-order valence-corrected chi connectivity index (χ4v) is 4.51. The molecule has 3 heterocycles. The number of pyridine rings is 1. The van der Waals surface area contributed by atoms with Crippen LogP contribution in [0.4, 0.5) is 5.69 Å². The number of thiophene rings is 1. The molecule has 4 rings (SSSR count). The third-order valence-electron chi connectivity index (χ3n) is 5.19. The average molecular weight is 435 g/mol. The van der Waals surface area contributed by atoms with Gasteiger partial charge in [-0.2, -0.15) is 0 Å². The molecule has 31 heavy (non-hydrogen) atoms. The Balaban J connectivity index is 1.41. The Hall–Kier alpha value is -3.23. The van der Waals surface area contributed by atoms with Gasteiger partial charge in [-0.05, 0) is 30.3 Å². The van der Waals surface area contributed by atoms with Crippen molar-refractivity contribution in [1.82, 2.24) is 20.5 Å². The molecule has 1 saturated heterocycles. The number of piperazine rings is 1. The van der Waals surface area contributed by atoms with Crippen molar-refractivity contribution in [3.05, 3.63) is 71.1 Å². The fraction of sp³-hybridized carbons (Fsp3) is 0.261. The van der Waals surface area contributed by atoms with E-state index in [1.165, 1.54) is 11.3 Å². The topological polar surface area (TPSA) is 95.6 Å². The molecule has 0 atom stereocenters. The van der Waals surface area contributed by atoms with Crippen LogP contribution in [0.2, 0.25) is 0 Å². The van der Waals surface area contributed by atoms with E-state index in [1.807, 2.05) is 41.3 Å². The summed E-state index contributed by atoms with van der Waals surface area (Å²) in [6, 6.07) is 11.7. The summed E-state index contributed by atoms with van der Waals surface area (Å²) in [4.78, 5) is 24.1. The Morgan fingerprint density at radius 1 is 1.32 bits per heavy atom. The number of nitrogens with one attached hydrogen (secondary N) is 2. The van der Waals surface area contributed by atoms with Gasteiger partial charge in [0.25, 0.3) is 5.91 Å². The first kappa shape index (κ1) is 21.0. The van der Waals surface area contributed by atoms with E-state index in [1.54, 1.807) is 12.4 Å². The lowest BCUT2D eigenvalue weighted by molar-refractivity contribution is 0.0741. The van der Waals surface area contributed by atoms with Crippen molar-refractivity contribution in [2.24, 2.45) is 4.99 Å². The summed E-state index contributed by atoms with van der Waals surface area (Å²) < 4.78 is 1.00. The van der Waals surface area contributed by atoms with Crippen LogP contribution in [0.3, 0.4) is 0 Å². The summed E-state index contributed by atoms with van der Waals surface area (Å²) in [6.45, 7) is 7.78. The minimum absolute atomic E-state index is 0.0720. The van der Waals surface area contributed by atoms with E-state index in [2.05, 4.69) is 27.2 Å². The minimum atomic E-state index is 0.0720. The molecule has 0 unspecified atom stereocenters. The third kappa shape index (κ3) is 5.10. The van der Waals surface area contributed by atoms with Gasteiger partial charge in [0.2, 0.25) is 0 Å². The number of carbonyl (C=O) groups excluding carboxylic acids is 1. The molecule has 1 amide bonds. The van der Waals surface area contributed by atoms with Crippen LogP contribution < -0.4 is 16.4 Å². The molecule has 7 nitrogen and oxygen atoms in total. The van der Waals surface area contributed by atoms with Crippen LogP contribution in [0.5, 0.6) is 0 Å². The van der Waals surface area contributed by atoms with Crippen molar-refractivity contribution in [2.75, 3.05) is 38.5 Å². The normalized spacial score (nSPS) is 14.3. The molecule has 8 heteroatoms. The molecule has 1 aliphatic rings. The number of carbonyl (C=O) groups is 1. The summed E-state index contributed by atoms with van der Waals surface area (Å²) in [5.41, 5.74) is 8.84. The van der Waals surface area contributed by atoms with E-state index in [0.29, 0.717) is 18.1 Å². The van der Waals surface area contributed by atoms with E-state index < -0.39 is 0 Å². The number of anilines is 1. The maximum Gasteiger partial charge on any atom is 0.264 e. The van der Waals surface area contributed by atoms with Crippen molar-refractivity contribution in [2.45, 2.75) is 6.42 Å². The highest BCUT2D eigenvalue weighted by Gasteiger charge is 2.20. The van der Waals surface area contributed by atoms with Gasteiger partial charge >= 0.3 is 0 Å². The molecule has 1 aliphatic heterocycles. The maximum absolute atomic E-state index is 12.8. The van der Waals surface area contributed by atoms with Crippen molar-refractivity contribution < 1.29 is 4.79 Å². The number of nitrogens with zero attached hydrogens (tertiary/aromatic N) is 3. The highest BCUT2D eigenvalue weighted by atomic mass is 32.1. The molecule has 3 aromatic rings. The van der Waals surface area contributed by atoms with Gasteiger partial charge in [-0.25, -0.2) is 4.99 Å². The Morgan fingerprint density at radius 3 is 2.94 bits per heavy atom. The lowest BCUT2D eigenvalue weighted by atomic mass is 10.1. The Morgan fingerprint density at radius 2 is 2.16 bits per heavy atom. The number of benzene rings is 1. The number of aromatic nitrogens is 1. The smallest absolute Gasteiger partial charge is 0.264 e. The molecule has 1 aromatic carbocycles. The number of aliphatic imine (C=N–C) groups is 1. The largest absolute Gasteiger partial charge is 0.398 e.